The van der Waals surface area contributed by atoms with Crippen LogP contribution in [0.3, 0.4) is 0 Å². The van der Waals surface area contributed by atoms with Crippen LogP contribution in [0, 0.1) is 0 Å². The van der Waals surface area contributed by atoms with Crippen LogP contribution in [0.4, 0.5) is 5.95 Å². The average molecular weight is 191 g/mol. The lowest BCUT2D eigenvalue weighted by Crippen LogP contribution is -2.16. The number of rotatable bonds is 1. The topological polar surface area (TPSA) is 111 Å². The summed E-state index contributed by atoms with van der Waals surface area (Å²) < 4.78 is 0. The van der Waals surface area contributed by atoms with E-state index in [1.807, 2.05) is 0 Å². The van der Waals surface area contributed by atoms with Gasteiger partial charge in [-0.05, 0) is 6.07 Å². The molecule has 0 radical (unpaired) electrons. The second kappa shape index (κ2) is 3.08. The molecule has 0 aliphatic heterocycles. The summed E-state index contributed by atoms with van der Waals surface area (Å²) in [5.74, 6) is 0.133. The minimum absolute atomic E-state index is 0.133. The summed E-state index contributed by atoms with van der Waals surface area (Å²) in [7, 11) is 0. The third-order valence-electron chi connectivity index (χ3n) is 1.91. The molecule has 72 valence electrons. The smallest absolute Gasteiger partial charge is 0.254 e. The number of nitrogen functional groups attached to an aromatic ring is 1. The van der Waals surface area contributed by atoms with Gasteiger partial charge >= 0.3 is 0 Å². The predicted octanol–water partition coefficient (Wildman–Crippen LogP) is -0.641. The van der Waals surface area contributed by atoms with E-state index in [2.05, 4.69) is 15.0 Å². The fourth-order valence-corrected chi connectivity index (χ4v) is 1.20. The number of aromatic nitrogens is 3. The number of nitrogens with two attached hydrogens (primary N) is 2. The number of nitrogens with one attached hydrogen (secondary N) is 1. The first-order valence-corrected chi connectivity index (χ1v) is 4.05. The summed E-state index contributed by atoms with van der Waals surface area (Å²) in [4.78, 5) is 21.6. The van der Waals surface area contributed by atoms with Crippen LogP contribution in [0.5, 0.6) is 0 Å². The van der Waals surface area contributed by atoms with Crippen molar-refractivity contribution >= 4 is 17.0 Å². The molecule has 2 rings (SSSR count). The fourth-order valence-electron chi connectivity index (χ4n) is 1.20. The zero-order valence-corrected chi connectivity index (χ0v) is 7.32. The molecule has 0 aliphatic carbocycles. The lowest BCUT2D eigenvalue weighted by Gasteiger charge is -1.99. The molecule has 0 aliphatic rings. The van der Waals surface area contributed by atoms with Crippen molar-refractivity contribution in [3.63, 3.8) is 0 Å². The van der Waals surface area contributed by atoms with Gasteiger partial charge in [0.05, 0.1) is 0 Å². The Balaban J connectivity index is 2.79. The van der Waals surface area contributed by atoms with Gasteiger partial charge in [0, 0.05) is 23.7 Å². The number of pyridine rings is 1. The van der Waals surface area contributed by atoms with Crippen molar-refractivity contribution in [2.75, 3.05) is 5.73 Å². The highest BCUT2D eigenvalue weighted by atomic mass is 16.1. The zero-order chi connectivity index (χ0) is 10.1. The van der Waals surface area contributed by atoms with Crippen molar-refractivity contribution in [3.8, 4) is 0 Å². The van der Waals surface area contributed by atoms with Crippen LogP contribution in [-0.2, 0) is 6.54 Å². The molecule has 2 heterocycles. The van der Waals surface area contributed by atoms with Crippen LogP contribution >= 0.6 is 0 Å². The van der Waals surface area contributed by atoms with E-state index < -0.39 is 0 Å². The minimum Gasteiger partial charge on any atom is -0.368 e. The molecule has 0 saturated carbocycles. The second-order valence-corrected chi connectivity index (χ2v) is 2.86. The van der Waals surface area contributed by atoms with Gasteiger partial charge in [-0.2, -0.15) is 4.98 Å². The molecular formula is C8H9N5O. The van der Waals surface area contributed by atoms with Gasteiger partial charge in [0.15, 0.2) is 0 Å². The van der Waals surface area contributed by atoms with Gasteiger partial charge in [0.2, 0.25) is 5.95 Å². The van der Waals surface area contributed by atoms with Crippen molar-refractivity contribution in [1.29, 1.82) is 0 Å². The van der Waals surface area contributed by atoms with Crippen molar-refractivity contribution < 1.29 is 0 Å². The van der Waals surface area contributed by atoms with E-state index in [4.69, 9.17) is 11.5 Å². The summed E-state index contributed by atoms with van der Waals surface area (Å²) in [6.45, 7) is 0.190. The van der Waals surface area contributed by atoms with Gasteiger partial charge in [-0.15, -0.1) is 0 Å². The molecule has 0 unspecified atom stereocenters. The molecule has 14 heavy (non-hydrogen) atoms. The van der Waals surface area contributed by atoms with E-state index >= 15 is 0 Å². The lowest BCUT2D eigenvalue weighted by molar-refractivity contribution is 1.02. The predicted molar refractivity (Wildman–Crippen MR) is 52.5 cm³/mol. The molecule has 5 N–H and O–H groups in total. The minimum atomic E-state index is -0.238. The number of nitrogens with zero attached hydrogens (tertiary/aromatic N) is 2. The van der Waals surface area contributed by atoms with Crippen LogP contribution in [0.25, 0.3) is 11.0 Å². The summed E-state index contributed by atoms with van der Waals surface area (Å²) >= 11 is 0. The molecule has 2 aromatic heterocycles. The maximum Gasteiger partial charge on any atom is 0.254 e. The standard InChI is InChI=1S/C8H9N5O/c9-2-4-1-5-3-11-8(10)13-6(5)12-7(4)14/h1,3H,2,9H2,(H3,10,11,12,13,14). The van der Waals surface area contributed by atoms with E-state index in [0.717, 1.165) is 5.39 Å². The number of fused-ring (bicyclic) bond motifs is 1. The quantitative estimate of drug-likeness (QED) is 0.555. The molecule has 0 atom stereocenters. The Bertz CT molecular complexity index is 533. The number of hydrogen-bond acceptors (Lipinski definition) is 5. The van der Waals surface area contributed by atoms with Gasteiger partial charge in [0.1, 0.15) is 5.65 Å². The molecule has 6 heteroatoms. The molecule has 0 saturated heterocycles. The first kappa shape index (κ1) is 8.64. The van der Waals surface area contributed by atoms with Gasteiger partial charge in [-0.1, -0.05) is 0 Å². The molecule has 6 nitrogen and oxygen atoms in total. The molecule has 0 spiro atoms. The third kappa shape index (κ3) is 1.31. The summed E-state index contributed by atoms with van der Waals surface area (Å²) in [5.41, 5.74) is 11.5. The van der Waals surface area contributed by atoms with Crippen LogP contribution < -0.4 is 17.0 Å². The van der Waals surface area contributed by atoms with Crippen LogP contribution in [0.2, 0.25) is 0 Å². The largest absolute Gasteiger partial charge is 0.368 e. The highest BCUT2D eigenvalue weighted by Gasteiger charge is 2.02. The molecular weight excluding hydrogens is 182 g/mol. The SMILES string of the molecule is NCc1cc2cnc(N)nc2[nH]c1=O. The van der Waals surface area contributed by atoms with Gasteiger partial charge in [0.25, 0.3) is 5.56 Å². The maximum atomic E-state index is 11.3. The van der Waals surface area contributed by atoms with E-state index in [0.29, 0.717) is 11.2 Å². The number of anilines is 1. The Morgan fingerprint density at radius 3 is 3.00 bits per heavy atom. The monoisotopic (exact) mass is 191 g/mol. The van der Waals surface area contributed by atoms with Gasteiger partial charge in [-0.25, -0.2) is 4.98 Å². The van der Waals surface area contributed by atoms with Crippen LogP contribution in [0.15, 0.2) is 17.1 Å². The molecule has 0 aromatic carbocycles. The first-order valence-electron chi connectivity index (χ1n) is 4.05. The number of hydrogen-bond donors (Lipinski definition) is 3. The maximum absolute atomic E-state index is 11.3. The Morgan fingerprint density at radius 2 is 2.29 bits per heavy atom. The summed E-state index contributed by atoms with van der Waals surface area (Å²) in [6, 6.07) is 1.66. The van der Waals surface area contributed by atoms with E-state index in [1.165, 1.54) is 0 Å². The highest BCUT2D eigenvalue weighted by molar-refractivity contribution is 5.74. The first-order chi connectivity index (χ1) is 6.70. The molecule has 0 fully saturated rings. The molecule has 0 bridgehead atoms. The van der Waals surface area contributed by atoms with E-state index in [1.54, 1.807) is 12.3 Å². The van der Waals surface area contributed by atoms with Crippen molar-refractivity contribution in [3.05, 3.63) is 28.2 Å². The normalized spacial score (nSPS) is 10.6. The molecule has 0 amide bonds. The summed E-state index contributed by atoms with van der Waals surface area (Å²) in [5, 5.41) is 0.722. The number of aromatic amines is 1. The lowest BCUT2D eigenvalue weighted by atomic mass is 10.2. The van der Waals surface area contributed by atoms with Gasteiger partial charge < -0.3 is 16.5 Å². The third-order valence-corrected chi connectivity index (χ3v) is 1.91. The zero-order valence-electron chi connectivity index (χ0n) is 7.32. The number of H-pyrrole nitrogens is 1. The second-order valence-electron chi connectivity index (χ2n) is 2.86. The Kier molecular flexibility index (Phi) is 1.90. The van der Waals surface area contributed by atoms with Gasteiger partial charge in [-0.3, -0.25) is 4.79 Å². The Hall–Kier alpha value is -1.95. The highest BCUT2D eigenvalue weighted by Crippen LogP contribution is 2.07. The van der Waals surface area contributed by atoms with E-state index in [9.17, 15) is 4.79 Å². The summed E-state index contributed by atoms with van der Waals surface area (Å²) in [6.07, 6.45) is 1.55. The Morgan fingerprint density at radius 1 is 1.50 bits per heavy atom. The van der Waals surface area contributed by atoms with E-state index in [-0.39, 0.29) is 18.1 Å². The van der Waals surface area contributed by atoms with Crippen molar-refractivity contribution in [1.82, 2.24) is 15.0 Å². The molecule has 2 aromatic rings. The fraction of sp³-hybridized carbons (Fsp3) is 0.125. The van der Waals surface area contributed by atoms with Crippen molar-refractivity contribution in [2.24, 2.45) is 5.73 Å². The van der Waals surface area contributed by atoms with Crippen LogP contribution in [-0.4, -0.2) is 15.0 Å². The van der Waals surface area contributed by atoms with Crippen molar-refractivity contribution in [2.45, 2.75) is 6.54 Å². The van der Waals surface area contributed by atoms with Crippen LogP contribution in [0.1, 0.15) is 5.56 Å². The average Bonchev–Trinajstić information content (AvgIpc) is 2.16. The Labute approximate surface area is 79.0 Å².